The van der Waals surface area contributed by atoms with Crippen molar-refractivity contribution in [3.05, 3.63) is 47.5 Å². The maximum atomic E-state index is 9.83. The molecule has 0 amide bonds. The fourth-order valence-electron chi connectivity index (χ4n) is 2.02. The summed E-state index contributed by atoms with van der Waals surface area (Å²) in [4.78, 5) is 0. The average Bonchev–Trinajstić information content (AvgIpc) is 2.39. The van der Waals surface area contributed by atoms with Crippen LogP contribution in [0.25, 0.3) is 0 Å². The first-order valence-corrected chi connectivity index (χ1v) is 6.27. The van der Waals surface area contributed by atoms with Gasteiger partial charge in [-0.2, -0.15) is 0 Å². The molecule has 2 rings (SSSR count). The minimum absolute atomic E-state index is 0.555. The normalized spacial score (nSPS) is 16.6. The molecule has 0 aliphatic heterocycles. The molecule has 1 atom stereocenters. The number of hydrogen-bond acceptors (Lipinski definition) is 1. The first-order chi connectivity index (χ1) is 8.34. The second-order valence-electron chi connectivity index (χ2n) is 4.45. The molecule has 1 heteroatoms. The number of rotatable bonds is 2. The molecule has 88 valence electrons. The van der Waals surface area contributed by atoms with Crippen molar-refractivity contribution < 1.29 is 5.11 Å². The van der Waals surface area contributed by atoms with Gasteiger partial charge < -0.3 is 5.11 Å². The lowest BCUT2D eigenvalue weighted by molar-refractivity contribution is 0.233. The lowest BCUT2D eigenvalue weighted by Crippen LogP contribution is -2.07. The summed E-state index contributed by atoms with van der Waals surface area (Å²) in [6.07, 6.45) is 6.98. The van der Waals surface area contributed by atoms with Crippen molar-refractivity contribution in [1.29, 1.82) is 0 Å². The molecule has 1 aromatic rings. The average molecular weight is 226 g/mol. The van der Waals surface area contributed by atoms with Crippen molar-refractivity contribution in [2.75, 3.05) is 0 Å². The van der Waals surface area contributed by atoms with Gasteiger partial charge in [-0.15, -0.1) is 0 Å². The van der Waals surface area contributed by atoms with E-state index in [0.29, 0.717) is 6.42 Å². The fraction of sp³-hybridized carbons (Fsp3) is 0.375. The maximum absolute atomic E-state index is 9.83. The monoisotopic (exact) mass is 226 g/mol. The molecule has 1 N–H and O–H groups in total. The van der Waals surface area contributed by atoms with Gasteiger partial charge in [-0.1, -0.05) is 48.2 Å². The van der Waals surface area contributed by atoms with E-state index in [-0.39, 0.29) is 0 Å². The van der Waals surface area contributed by atoms with Gasteiger partial charge in [-0.3, -0.25) is 0 Å². The quantitative estimate of drug-likeness (QED) is 0.768. The molecule has 0 fully saturated rings. The van der Waals surface area contributed by atoms with E-state index in [4.69, 9.17) is 0 Å². The molecule has 0 bridgehead atoms. The molecule has 1 nitrogen and oxygen atoms in total. The lowest BCUT2D eigenvalue weighted by Gasteiger charge is -2.07. The van der Waals surface area contributed by atoms with Gasteiger partial charge in [0, 0.05) is 6.42 Å². The third-order valence-electron chi connectivity index (χ3n) is 2.96. The fourth-order valence-corrected chi connectivity index (χ4v) is 2.02. The van der Waals surface area contributed by atoms with Crippen LogP contribution < -0.4 is 0 Å². The van der Waals surface area contributed by atoms with Crippen LogP contribution >= 0.6 is 0 Å². The first-order valence-electron chi connectivity index (χ1n) is 6.27. The predicted molar refractivity (Wildman–Crippen MR) is 70.5 cm³/mol. The molecular weight excluding hydrogens is 208 g/mol. The van der Waals surface area contributed by atoms with Crippen LogP contribution in [0.2, 0.25) is 0 Å². The molecule has 0 saturated carbocycles. The number of aliphatic hydroxyl groups is 1. The molecule has 0 radical (unpaired) electrons. The summed E-state index contributed by atoms with van der Waals surface area (Å²) < 4.78 is 0. The van der Waals surface area contributed by atoms with Gasteiger partial charge >= 0.3 is 0 Å². The Labute approximate surface area is 103 Å². The third-order valence-corrected chi connectivity index (χ3v) is 2.96. The molecule has 1 aliphatic carbocycles. The van der Waals surface area contributed by atoms with Crippen molar-refractivity contribution in [3.63, 3.8) is 0 Å². The van der Waals surface area contributed by atoms with E-state index in [1.807, 2.05) is 30.3 Å². The zero-order valence-corrected chi connectivity index (χ0v) is 10.0. The topological polar surface area (TPSA) is 20.2 Å². The molecule has 0 spiro atoms. The highest BCUT2D eigenvalue weighted by Crippen LogP contribution is 2.16. The van der Waals surface area contributed by atoms with Crippen LogP contribution in [0.5, 0.6) is 0 Å². The van der Waals surface area contributed by atoms with Crippen molar-refractivity contribution >= 4 is 0 Å². The highest BCUT2D eigenvalue weighted by atomic mass is 16.3. The molecular formula is C16H18O. The van der Waals surface area contributed by atoms with Gasteiger partial charge in [-0.25, -0.2) is 0 Å². The highest BCUT2D eigenvalue weighted by molar-refractivity contribution is 5.31. The Balaban J connectivity index is 1.91. The van der Waals surface area contributed by atoms with Crippen LogP contribution in [-0.2, 0) is 6.42 Å². The predicted octanol–water partition coefficient (Wildman–Crippen LogP) is 3.09. The Kier molecular flexibility index (Phi) is 4.41. The van der Waals surface area contributed by atoms with E-state index in [0.717, 1.165) is 18.4 Å². The van der Waals surface area contributed by atoms with E-state index in [1.165, 1.54) is 18.4 Å². The largest absolute Gasteiger partial charge is 0.380 e. The highest BCUT2D eigenvalue weighted by Gasteiger charge is 2.02. The van der Waals surface area contributed by atoms with Crippen LogP contribution in [0.15, 0.2) is 42.0 Å². The summed E-state index contributed by atoms with van der Waals surface area (Å²) >= 11 is 0. The van der Waals surface area contributed by atoms with Crippen molar-refractivity contribution in [3.8, 4) is 11.8 Å². The first kappa shape index (κ1) is 12.0. The number of benzene rings is 1. The Bertz CT molecular complexity index is 434. The van der Waals surface area contributed by atoms with Gasteiger partial charge in [0.15, 0.2) is 0 Å². The Morgan fingerprint density at radius 2 is 2.00 bits per heavy atom. The Morgan fingerprint density at radius 3 is 2.71 bits per heavy atom. The van der Waals surface area contributed by atoms with Crippen LogP contribution in [-0.4, -0.2) is 11.2 Å². The van der Waals surface area contributed by atoms with Gasteiger partial charge in [0.2, 0.25) is 0 Å². The van der Waals surface area contributed by atoms with Crippen LogP contribution in [0.4, 0.5) is 0 Å². The van der Waals surface area contributed by atoms with Gasteiger partial charge in [0.25, 0.3) is 0 Å². The summed E-state index contributed by atoms with van der Waals surface area (Å²) in [6, 6.07) is 9.99. The van der Waals surface area contributed by atoms with Crippen molar-refractivity contribution in [2.24, 2.45) is 0 Å². The standard InChI is InChI=1S/C16H18O/c17-16(13-15-9-5-2-6-10-15)12-11-14-7-3-1-4-8-14/h2,5-7,9-10,16-17H,1,3-4,8,13H2. The molecule has 0 heterocycles. The molecule has 0 aromatic heterocycles. The number of allylic oxidation sites excluding steroid dienone is 2. The third kappa shape index (κ3) is 4.09. The summed E-state index contributed by atoms with van der Waals surface area (Å²) in [7, 11) is 0. The molecule has 0 saturated heterocycles. The van der Waals surface area contributed by atoms with Gasteiger partial charge in [0.1, 0.15) is 6.10 Å². The lowest BCUT2D eigenvalue weighted by atomic mass is 9.99. The zero-order valence-electron chi connectivity index (χ0n) is 10.0. The summed E-state index contributed by atoms with van der Waals surface area (Å²) in [5.74, 6) is 6.04. The Hall–Kier alpha value is -1.52. The van der Waals surface area contributed by atoms with Crippen LogP contribution in [0.1, 0.15) is 31.2 Å². The second kappa shape index (κ2) is 6.27. The van der Waals surface area contributed by atoms with E-state index in [9.17, 15) is 5.11 Å². The minimum atomic E-state index is -0.555. The Morgan fingerprint density at radius 1 is 1.18 bits per heavy atom. The maximum Gasteiger partial charge on any atom is 0.119 e. The molecule has 17 heavy (non-hydrogen) atoms. The van der Waals surface area contributed by atoms with E-state index >= 15 is 0 Å². The number of hydrogen-bond donors (Lipinski definition) is 1. The van der Waals surface area contributed by atoms with Gasteiger partial charge in [0.05, 0.1) is 0 Å². The van der Waals surface area contributed by atoms with E-state index in [1.54, 1.807) is 0 Å². The summed E-state index contributed by atoms with van der Waals surface area (Å²) in [6.45, 7) is 0. The minimum Gasteiger partial charge on any atom is -0.380 e. The van der Waals surface area contributed by atoms with Crippen LogP contribution in [0, 0.1) is 11.8 Å². The van der Waals surface area contributed by atoms with E-state index in [2.05, 4.69) is 17.9 Å². The molecule has 1 aromatic carbocycles. The van der Waals surface area contributed by atoms with E-state index < -0.39 is 6.10 Å². The molecule has 1 unspecified atom stereocenters. The summed E-state index contributed by atoms with van der Waals surface area (Å²) in [5.41, 5.74) is 2.33. The molecule has 1 aliphatic rings. The van der Waals surface area contributed by atoms with Crippen molar-refractivity contribution in [1.82, 2.24) is 0 Å². The SMILES string of the molecule is OC(C#CC1=CCCCC1)Cc1ccccc1. The second-order valence-corrected chi connectivity index (χ2v) is 4.45. The smallest absolute Gasteiger partial charge is 0.119 e. The number of aliphatic hydroxyl groups excluding tert-OH is 1. The van der Waals surface area contributed by atoms with Crippen molar-refractivity contribution in [2.45, 2.75) is 38.2 Å². The summed E-state index contributed by atoms with van der Waals surface area (Å²) in [5, 5.41) is 9.83. The van der Waals surface area contributed by atoms with Gasteiger partial charge in [-0.05, 0) is 36.8 Å². The zero-order chi connectivity index (χ0) is 11.9. The van der Waals surface area contributed by atoms with Crippen LogP contribution in [0.3, 0.4) is 0 Å².